The Bertz CT molecular complexity index is 300. The summed E-state index contributed by atoms with van der Waals surface area (Å²) < 4.78 is 25.2. The second-order valence-electron chi connectivity index (χ2n) is 3.84. The van der Waals surface area contributed by atoms with Crippen LogP contribution in [0.1, 0.15) is 39.5 Å². The van der Waals surface area contributed by atoms with Crippen LogP contribution >= 0.6 is 0 Å². The Kier molecular flexibility index (Phi) is 7.33. The molecule has 0 aromatic heterocycles. The van der Waals surface area contributed by atoms with Gasteiger partial charge in [0.05, 0.1) is 11.7 Å². The van der Waals surface area contributed by atoms with Gasteiger partial charge in [-0.05, 0) is 12.8 Å². The minimum absolute atomic E-state index is 0.00474. The molecule has 2 N–H and O–H groups in total. The lowest BCUT2D eigenvalue weighted by Gasteiger charge is -2.12. The molecule has 0 aromatic carbocycles. The number of carboxylic acids is 1. The van der Waals surface area contributed by atoms with E-state index in [9.17, 15) is 13.2 Å². The number of aliphatic carboxylic acids is 1. The van der Waals surface area contributed by atoms with Gasteiger partial charge in [-0.1, -0.05) is 26.7 Å². The molecule has 16 heavy (non-hydrogen) atoms. The van der Waals surface area contributed by atoms with E-state index in [1.54, 1.807) is 0 Å². The number of hydrogen-bond donors (Lipinski definition) is 2. The zero-order valence-corrected chi connectivity index (χ0v) is 10.7. The molecule has 1 atom stereocenters. The predicted molar refractivity (Wildman–Crippen MR) is 62.7 cm³/mol. The number of carboxylic acid groups (broad SMARTS) is 1. The number of carbonyl (C=O) groups is 1. The molecule has 6 heteroatoms. The van der Waals surface area contributed by atoms with Crippen LogP contribution in [0.4, 0.5) is 0 Å². The minimum Gasteiger partial charge on any atom is -0.481 e. The van der Waals surface area contributed by atoms with Gasteiger partial charge in [-0.2, -0.15) is 0 Å². The Morgan fingerprint density at radius 3 is 2.38 bits per heavy atom. The number of rotatable bonds is 9. The molecule has 5 nitrogen and oxygen atoms in total. The van der Waals surface area contributed by atoms with E-state index in [2.05, 4.69) is 4.72 Å². The van der Waals surface area contributed by atoms with Crippen LogP contribution in [0.15, 0.2) is 0 Å². The van der Waals surface area contributed by atoms with Crippen LogP contribution in [0, 0.1) is 5.92 Å². The maximum Gasteiger partial charge on any atom is 0.307 e. The Hall–Kier alpha value is -0.620. The minimum atomic E-state index is -3.30. The zero-order valence-electron chi connectivity index (χ0n) is 9.90. The van der Waals surface area contributed by atoms with Crippen molar-refractivity contribution in [2.45, 2.75) is 39.5 Å². The number of unbranched alkanes of at least 4 members (excludes halogenated alkanes) is 1. The number of nitrogens with one attached hydrogen (secondary N) is 1. The van der Waals surface area contributed by atoms with Gasteiger partial charge in [0.15, 0.2) is 0 Å². The van der Waals surface area contributed by atoms with Gasteiger partial charge in [-0.15, -0.1) is 0 Å². The Balaban J connectivity index is 4.13. The van der Waals surface area contributed by atoms with E-state index in [0.29, 0.717) is 12.8 Å². The number of hydrogen-bond acceptors (Lipinski definition) is 3. The van der Waals surface area contributed by atoms with Crippen LogP contribution in [-0.2, 0) is 14.8 Å². The van der Waals surface area contributed by atoms with Crippen molar-refractivity contribution < 1.29 is 18.3 Å². The standard InChI is InChI=1S/C10H21NO4S/c1-3-5-7-16(14,15)11-8-9(6-4-2)10(12)13/h9,11H,3-8H2,1-2H3,(H,12,13). The van der Waals surface area contributed by atoms with Crippen LogP contribution in [-0.4, -0.2) is 31.8 Å². The van der Waals surface area contributed by atoms with Crippen LogP contribution < -0.4 is 4.72 Å². The van der Waals surface area contributed by atoms with Crippen molar-refractivity contribution in [3.63, 3.8) is 0 Å². The first-order valence-corrected chi connectivity index (χ1v) is 7.28. The second kappa shape index (κ2) is 7.62. The molecular formula is C10H21NO4S. The monoisotopic (exact) mass is 251 g/mol. The highest BCUT2D eigenvalue weighted by atomic mass is 32.2. The lowest BCUT2D eigenvalue weighted by atomic mass is 10.1. The van der Waals surface area contributed by atoms with Crippen molar-refractivity contribution in [1.29, 1.82) is 0 Å². The summed E-state index contributed by atoms with van der Waals surface area (Å²) in [6, 6.07) is 0. The molecule has 0 bridgehead atoms. The van der Waals surface area contributed by atoms with Crippen molar-refractivity contribution >= 4 is 16.0 Å². The van der Waals surface area contributed by atoms with E-state index in [1.165, 1.54) is 0 Å². The third-order valence-corrected chi connectivity index (χ3v) is 3.74. The molecular weight excluding hydrogens is 230 g/mol. The average molecular weight is 251 g/mol. The molecule has 0 saturated heterocycles. The van der Waals surface area contributed by atoms with Gasteiger partial charge in [0.1, 0.15) is 0 Å². The summed E-state index contributed by atoms with van der Waals surface area (Å²) in [6.45, 7) is 3.78. The van der Waals surface area contributed by atoms with Gasteiger partial charge in [0.25, 0.3) is 0 Å². The van der Waals surface area contributed by atoms with Crippen molar-refractivity contribution in [3.05, 3.63) is 0 Å². The first kappa shape index (κ1) is 15.4. The zero-order chi connectivity index (χ0) is 12.6. The van der Waals surface area contributed by atoms with Crippen molar-refractivity contribution in [2.24, 2.45) is 5.92 Å². The summed E-state index contributed by atoms with van der Waals surface area (Å²) in [5, 5.41) is 8.84. The van der Waals surface area contributed by atoms with E-state index in [4.69, 9.17) is 5.11 Å². The molecule has 1 unspecified atom stereocenters. The Morgan fingerprint density at radius 2 is 1.94 bits per heavy atom. The van der Waals surface area contributed by atoms with E-state index in [0.717, 1.165) is 12.8 Å². The fourth-order valence-electron chi connectivity index (χ4n) is 1.30. The summed E-state index contributed by atoms with van der Waals surface area (Å²) in [6.07, 6.45) is 2.62. The molecule has 0 rings (SSSR count). The maximum atomic E-state index is 11.4. The van der Waals surface area contributed by atoms with Crippen molar-refractivity contribution in [1.82, 2.24) is 4.72 Å². The quantitative estimate of drug-likeness (QED) is 0.645. The Morgan fingerprint density at radius 1 is 1.31 bits per heavy atom. The highest BCUT2D eigenvalue weighted by molar-refractivity contribution is 7.89. The van der Waals surface area contributed by atoms with Gasteiger partial charge in [0, 0.05) is 6.54 Å². The van der Waals surface area contributed by atoms with E-state index in [-0.39, 0.29) is 12.3 Å². The Labute approximate surface area is 97.3 Å². The molecule has 0 aliphatic carbocycles. The summed E-state index contributed by atoms with van der Waals surface area (Å²) in [4.78, 5) is 10.8. The van der Waals surface area contributed by atoms with E-state index >= 15 is 0 Å². The predicted octanol–water partition coefficient (Wildman–Crippen LogP) is 1.21. The average Bonchev–Trinajstić information content (AvgIpc) is 2.21. The van der Waals surface area contributed by atoms with Crippen LogP contribution in [0.5, 0.6) is 0 Å². The lowest BCUT2D eigenvalue weighted by molar-refractivity contribution is -0.141. The first-order valence-electron chi connectivity index (χ1n) is 5.63. The van der Waals surface area contributed by atoms with Crippen LogP contribution in [0.3, 0.4) is 0 Å². The van der Waals surface area contributed by atoms with Gasteiger partial charge >= 0.3 is 5.97 Å². The SMILES string of the molecule is CCCCS(=O)(=O)NCC(CCC)C(=O)O. The fraction of sp³-hybridized carbons (Fsp3) is 0.900. The molecule has 0 radical (unpaired) electrons. The fourth-order valence-corrected chi connectivity index (χ4v) is 2.56. The normalized spacial score (nSPS) is 13.6. The van der Waals surface area contributed by atoms with Crippen molar-refractivity contribution in [3.8, 4) is 0 Å². The topological polar surface area (TPSA) is 83.5 Å². The summed E-state index contributed by atoms with van der Waals surface area (Å²) >= 11 is 0. The highest BCUT2D eigenvalue weighted by Gasteiger charge is 2.19. The smallest absolute Gasteiger partial charge is 0.307 e. The molecule has 0 aliphatic rings. The maximum absolute atomic E-state index is 11.4. The molecule has 0 saturated carbocycles. The van der Waals surface area contributed by atoms with Gasteiger partial charge in [-0.3, -0.25) is 4.79 Å². The van der Waals surface area contributed by atoms with Gasteiger partial charge in [-0.25, -0.2) is 13.1 Å². The van der Waals surface area contributed by atoms with E-state index in [1.807, 2.05) is 13.8 Å². The molecule has 0 amide bonds. The molecule has 0 aliphatic heterocycles. The van der Waals surface area contributed by atoms with Crippen molar-refractivity contribution in [2.75, 3.05) is 12.3 Å². The van der Waals surface area contributed by atoms with Crippen LogP contribution in [0.25, 0.3) is 0 Å². The van der Waals surface area contributed by atoms with Gasteiger partial charge < -0.3 is 5.11 Å². The molecule has 0 heterocycles. The van der Waals surface area contributed by atoms with E-state index < -0.39 is 21.9 Å². The first-order chi connectivity index (χ1) is 7.43. The molecule has 0 spiro atoms. The largest absolute Gasteiger partial charge is 0.481 e. The second-order valence-corrected chi connectivity index (χ2v) is 5.77. The number of sulfonamides is 1. The molecule has 0 fully saturated rings. The molecule has 96 valence electrons. The summed E-state index contributed by atoms with van der Waals surface area (Å²) in [5.74, 6) is -1.50. The third kappa shape index (κ3) is 6.79. The summed E-state index contributed by atoms with van der Waals surface area (Å²) in [7, 11) is -3.30. The lowest BCUT2D eigenvalue weighted by Crippen LogP contribution is -2.34. The third-order valence-electron chi connectivity index (χ3n) is 2.30. The van der Waals surface area contributed by atoms with Crippen LogP contribution in [0.2, 0.25) is 0 Å². The molecule has 0 aromatic rings. The highest BCUT2D eigenvalue weighted by Crippen LogP contribution is 2.06. The summed E-state index contributed by atoms with van der Waals surface area (Å²) in [5.41, 5.74) is 0. The van der Waals surface area contributed by atoms with Gasteiger partial charge in [0.2, 0.25) is 10.0 Å².